The van der Waals surface area contributed by atoms with Crippen molar-refractivity contribution in [2.75, 3.05) is 33.4 Å². The summed E-state index contributed by atoms with van der Waals surface area (Å²) in [6.07, 6.45) is 4.24. The van der Waals surface area contributed by atoms with Crippen LogP contribution in [0.1, 0.15) is 18.7 Å². The predicted molar refractivity (Wildman–Crippen MR) is 114 cm³/mol. The summed E-state index contributed by atoms with van der Waals surface area (Å²) in [5.41, 5.74) is 2.52. The maximum absolute atomic E-state index is 5.62. The van der Waals surface area contributed by atoms with E-state index >= 15 is 0 Å². The van der Waals surface area contributed by atoms with Crippen LogP contribution >= 0.6 is 24.0 Å². The van der Waals surface area contributed by atoms with Gasteiger partial charge in [0, 0.05) is 32.2 Å². The minimum absolute atomic E-state index is 0. The Morgan fingerprint density at radius 1 is 1.35 bits per heavy atom. The maximum atomic E-state index is 5.62. The van der Waals surface area contributed by atoms with E-state index in [1.807, 2.05) is 31.4 Å². The summed E-state index contributed by atoms with van der Waals surface area (Å²) in [4.78, 5) is 14.7. The zero-order valence-corrected chi connectivity index (χ0v) is 17.4. The van der Waals surface area contributed by atoms with Crippen molar-refractivity contribution >= 4 is 29.9 Å². The number of H-pyrrole nitrogens is 1. The molecule has 1 aromatic heterocycles. The van der Waals surface area contributed by atoms with Gasteiger partial charge in [0.25, 0.3) is 0 Å². The van der Waals surface area contributed by atoms with Gasteiger partial charge in [-0.3, -0.25) is 4.99 Å². The molecule has 1 aromatic carbocycles. The normalized spacial score (nSPS) is 22.7. The molecular weight excluding hydrogens is 441 g/mol. The molecule has 2 aliphatic rings. The average Bonchev–Trinajstić information content (AvgIpc) is 3.39. The molecule has 0 amide bonds. The zero-order valence-electron chi connectivity index (χ0n) is 15.1. The van der Waals surface area contributed by atoms with Gasteiger partial charge in [-0.15, -0.1) is 24.0 Å². The first kappa shape index (κ1) is 19.2. The monoisotopic (exact) mass is 467 g/mol. The third-order valence-corrected chi connectivity index (χ3v) is 5.26. The molecule has 7 heteroatoms. The van der Waals surface area contributed by atoms with Gasteiger partial charge in [0.1, 0.15) is 5.82 Å². The van der Waals surface area contributed by atoms with Gasteiger partial charge in [-0.2, -0.15) is 0 Å². The maximum Gasteiger partial charge on any atom is 0.194 e. The number of nitrogens with zero attached hydrogens (tertiary/aromatic N) is 3. The first-order valence-electron chi connectivity index (χ1n) is 8.91. The molecule has 2 saturated heterocycles. The summed E-state index contributed by atoms with van der Waals surface area (Å²) < 4.78 is 5.62. The van der Waals surface area contributed by atoms with Gasteiger partial charge in [-0.05, 0) is 18.4 Å². The number of rotatable bonds is 3. The van der Waals surface area contributed by atoms with E-state index in [0.29, 0.717) is 12.0 Å². The molecule has 2 N–H and O–H groups in total. The number of hydrogen-bond donors (Lipinski definition) is 2. The van der Waals surface area contributed by atoms with Gasteiger partial charge in [0.15, 0.2) is 5.96 Å². The standard InChI is InChI=1S/C19H25N5O.HI/c1-20-18(24-9-7-19(13-24)8-10-25-14-19)22-12-17-21-11-16(23-17)15-5-3-2-4-6-15;/h2-6,11H,7-10,12-14H2,1H3,(H,20,22)(H,21,23);1H. The SMILES string of the molecule is CN=C(NCc1ncc(-c2ccccc2)[nH]1)N1CCC2(CCOC2)C1.I. The van der Waals surface area contributed by atoms with Gasteiger partial charge in [0.2, 0.25) is 0 Å². The number of likely N-dealkylation sites (tertiary alicyclic amines) is 1. The van der Waals surface area contributed by atoms with E-state index in [-0.39, 0.29) is 24.0 Å². The molecule has 2 fully saturated rings. The summed E-state index contributed by atoms with van der Waals surface area (Å²) in [5.74, 6) is 1.86. The molecular formula is C19H26IN5O. The number of aromatic amines is 1. The molecule has 3 heterocycles. The second kappa shape index (κ2) is 8.39. The van der Waals surface area contributed by atoms with Crippen LogP contribution in [0.5, 0.6) is 0 Å². The number of guanidine groups is 1. The van der Waals surface area contributed by atoms with Crippen molar-refractivity contribution in [3.8, 4) is 11.3 Å². The van der Waals surface area contributed by atoms with Crippen molar-refractivity contribution in [2.45, 2.75) is 19.4 Å². The van der Waals surface area contributed by atoms with E-state index in [1.165, 1.54) is 12.8 Å². The molecule has 0 bridgehead atoms. The summed E-state index contributed by atoms with van der Waals surface area (Å²) in [5, 5.41) is 3.44. The lowest BCUT2D eigenvalue weighted by atomic mass is 9.87. The van der Waals surface area contributed by atoms with Crippen LogP contribution in [0.3, 0.4) is 0 Å². The van der Waals surface area contributed by atoms with Crippen molar-refractivity contribution in [1.82, 2.24) is 20.2 Å². The Kier molecular flexibility index (Phi) is 6.18. The molecule has 6 nitrogen and oxygen atoms in total. The summed E-state index contributed by atoms with van der Waals surface area (Å²) in [6.45, 7) is 4.49. The van der Waals surface area contributed by atoms with Gasteiger partial charge in [-0.1, -0.05) is 30.3 Å². The van der Waals surface area contributed by atoms with Crippen molar-refractivity contribution in [1.29, 1.82) is 0 Å². The third kappa shape index (κ3) is 4.03. The third-order valence-electron chi connectivity index (χ3n) is 5.26. The van der Waals surface area contributed by atoms with E-state index in [4.69, 9.17) is 4.74 Å². The highest BCUT2D eigenvalue weighted by Crippen LogP contribution is 2.38. The minimum atomic E-state index is 0. The molecule has 1 unspecified atom stereocenters. The fourth-order valence-corrected chi connectivity index (χ4v) is 3.80. The Labute approximate surface area is 171 Å². The Balaban J connectivity index is 0.00000196. The van der Waals surface area contributed by atoms with E-state index in [0.717, 1.165) is 49.3 Å². The number of halogens is 1. The smallest absolute Gasteiger partial charge is 0.194 e. The summed E-state index contributed by atoms with van der Waals surface area (Å²) in [6, 6.07) is 10.2. The van der Waals surface area contributed by atoms with Gasteiger partial charge < -0.3 is 19.9 Å². The molecule has 140 valence electrons. The summed E-state index contributed by atoms with van der Waals surface area (Å²) in [7, 11) is 1.84. The van der Waals surface area contributed by atoms with Crippen LogP contribution in [0, 0.1) is 5.41 Å². The van der Waals surface area contributed by atoms with Crippen LogP contribution in [0.2, 0.25) is 0 Å². The number of imidazole rings is 1. The number of aromatic nitrogens is 2. The number of aliphatic imine (C=N–C) groups is 1. The largest absolute Gasteiger partial charge is 0.381 e. The fraction of sp³-hybridized carbons (Fsp3) is 0.474. The molecule has 2 aromatic rings. The molecule has 0 radical (unpaired) electrons. The van der Waals surface area contributed by atoms with Crippen LogP contribution < -0.4 is 5.32 Å². The molecule has 0 aliphatic carbocycles. The number of hydrogen-bond acceptors (Lipinski definition) is 3. The highest BCUT2D eigenvalue weighted by Gasteiger charge is 2.42. The lowest BCUT2D eigenvalue weighted by molar-refractivity contribution is 0.156. The molecule has 1 atom stereocenters. The summed E-state index contributed by atoms with van der Waals surface area (Å²) >= 11 is 0. The fourth-order valence-electron chi connectivity index (χ4n) is 3.80. The number of nitrogens with one attached hydrogen (secondary N) is 2. The van der Waals surface area contributed by atoms with Crippen molar-refractivity contribution < 1.29 is 4.74 Å². The lowest BCUT2D eigenvalue weighted by Gasteiger charge is -2.24. The van der Waals surface area contributed by atoms with Crippen LogP contribution in [0.25, 0.3) is 11.3 Å². The average molecular weight is 467 g/mol. The van der Waals surface area contributed by atoms with E-state index in [2.05, 4.69) is 37.3 Å². The highest BCUT2D eigenvalue weighted by atomic mass is 127. The second-order valence-electron chi connectivity index (χ2n) is 6.98. The highest BCUT2D eigenvalue weighted by molar-refractivity contribution is 14.0. The molecule has 2 aliphatic heterocycles. The van der Waals surface area contributed by atoms with Crippen molar-refractivity contribution in [3.63, 3.8) is 0 Å². The first-order chi connectivity index (χ1) is 12.3. The van der Waals surface area contributed by atoms with Crippen LogP contribution in [0.15, 0.2) is 41.5 Å². The Bertz CT molecular complexity index is 739. The predicted octanol–water partition coefficient (Wildman–Crippen LogP) is 2.88. The van der Waals surface area contributed by atoms with Crippen molar-refractivity contribution in [3.05, 3.63) is 42.4 Å². The van der Waals surface area contributed by atoms with Crippen LogP contribution in [0.4, 0.5) is 0 Å². The topological polar surface area (TPSA) is 65.5 Å². The van der Waals surface area contributed by atoms with Gasteiger partial charge >= 0.3 is 0 Å². The Morgan fingerprint density at radius 2 is 2.19 bits per heavy atom. The van der Waals surface area contributed by atoms with Crippen molar-refractivity contribution in [2.24, 2.45) is 10.4 Å². The van der Waals surface area contributed by atoms with E-state index in [1.54, 1.807) is 0 Å². The van der Waals surface area contributed by atoms with Gasteiger partial charge in [-0.25, -0.2) is 4.98 Å². The van der Waals surface area contributed by atoms with Crippen LogP contribution in [-0.2, 0) is 11.3 Å². The number of benzene rings is 1. The number of ether oxygens (including phenoxy) is 1. The molecule has 0 saturated carbocycles. The van der Waals surface area contributed by atoms with E-state index < -0.39 is 0 Å². The van der Waals surface area contributed by atoms with Crippen LogP contribution in [-0.4, -0.2) is 54.2 Å². The quantitative estimate of drug-likeness (QED) is 0.414. The molecule has 1 spiro atoms. The second-order valence-corrected chi connectivity index (χ2v) is 6.98. The zero-order chi connectivity index (χ0) is 17.1. The van der Waals surface area contributed by atoms with Gasteiger partial charge in [0.05, 0.1) is 25.0 Å². The minimum Gasteiger partial charge on any atom is -0.381 e. The molecule has 4 rings (SSSR count). The van der Waals surface area contributed by atoms with E-state index in [9.17, 15) is 0 Å². The lowest BCUT2D eigenvalue weighted by Crippen LogP contribution is -2.41. The first-order valence-corrected chi connectivity index (χ1v) is 8.91. The Morgan fingerprint density at radius 3 is 2.92 bits per heavy atom. The molecule has 26 heavy (non-hydrogen) atoms. The Hall–Kier alpha value is -1.61.